The van der Waals surface area contributed by atoms with Gasteiger partial charge in [0.1, 0.15) is 16.9 Å². The topological polar surface area (TPSA) is 84.4 Å². The molecule has 1 unspecified atom stereocenters. The highest BCUT2D eigenvalue weighted by Gasteiger charge is 2.36. The minimum atomic E-state index is -0.621. The number of amides is 2. The van der Waals surface area contributed by atoms with Crippen molar-refractivity contribution in [2.24, 2.45) is 0 Å². The second-order valence-corrected chi connectivity index (χ2v) is 5.48. The Balaban J connectivity index is 1.74. The molecule has 2 heterocycles. The number of rotatable bonds is 3. The molecular formula is C13H15ClN4O3. The van der Waals surface area contributed by atoms with Crippen LogP contribution < -0.4 is 5.32 Å². The van der Waals surface area contributed by atoms with Crippen LogP contribution in [0.5, 0.6) is 0 Å². The molecule has 1 aromatic heterocycles. The Kier molecular flexibility index (Phi) is 4.03. The zero-order valence-electron chi connectivity index (χ0n) is 11.3. The molecule has 0 aromatic carbocycles. The van der Waals surface area contributed by atoms with Crippen LogP contribution in [-0.2, 0) is 9.53 Å². The minimum Gasteiger partial charge on any atom is -0.377 e. The van der Waals surface area contributed by atoms with Crippen molar-refractivity contribution in [2.45, 2.75) is 24.9 Å². The van der Waals surface area contributed by atoms with Crippen LogP contribution in [0.25, 0.3) is 0 Å². The molecule has 0 radical (unpaired) electrons. The molecule has 7 nitrogen and oxygen atoms in total. The largest absolute Gasteiger partial charge is 0.377 e. The number of carbonyl (C=O) groups excluding carboxylic acids is 2. The number of carbonyl (C=O) groups is 2. The van der Waals surface area contributed by atoms with Crippen molar-refractivity contribution in [1.82, 2.24) is 20.2 Å². The summed E-state index contributed by atoms with van der Waals surface area (Å²) in [4.78, 5) is 34.0. The summed E-state index contributed by atoms with van der Waals surface area (Å²) in [7, 11) is 0. The van der Waals surface area contributed by atoms with E-state index in [4.69, 9.17) is 16.3 Å². The lowest BCUT2D eigenvalue weighted by atomic mass is 10.2. The first kappa shape index (κ1) is 14.2. The average Bonchev–Trinajstić information content (AvgIpc) is 3.31. The normalized spacial score (nSPS) is 22.0. The van der Waals surface area contributed by atoms with Gasteiger partial charge in [-0.05, 0) is 12.8 Å². The molecule has 1 aliphatic carbocycles. The average molecular weight is 311 g/mol. The second-order valence-electron chi connectivity index (χ2n) is 5.10. The molecule has 0 bridgehead atoms. The Bertz CT molecular complexity index is 547. The van der Waals surface area contributed by atoms with E-state index >= 15 is 0 Å². The molecule has 21 heavy (non-hydrogen) atoms. The standard InChI is InChI=1S/C13H15ClN4O3/c14-11-6-15-9(5-16-11)13(20)18-3-4-21-7-10(18)12(19)17-8-1-2-8/h5-6,8,10H,1-4,7H2,(H,17,19). The maximum absolute atomic E-state index is 12.5. The number of morpholine rings is 1. The molecule has 112 valence electrons. The van der Waals surface area contributed by atoms with Gasteiger partial charge in [0.15, 0.2) is 0 Å². The maximum atomic E-state index is 12.5. The van der Waals surface area contributed by atoms with Gasteiger partial charge in [-0.2, -0.15) is 0 Å². The molecule has 2 amide bonds. The van der Waals surface area contributed by atoms with Crippen LogP contribution in [0.15, 0.2) is 12.4 Å². The van der Waals surface area contributed by atoms with Crippen molar-refractivity contribution in [3.8, 4) is 0 Å². The molecule has 0 spiro atoms. The van der Waals surface area contributed by atoms with Crippen LogP contribution in [0.1, 0.15) is 23.3 Å². The number of ether oxygens (including phenoxy) is 1. The third-order valence-corrected chi connectivity index (χ3v) is 3.65. The van der Waals surface area contributed by atoms with Crippen molar-refractivity contribution < 1.29 is 14.3 Å². The van der Waals surface area contributed by atoms with Gasteiger partial charge in [-0.15, -0.1) is 0 Å². The Morgan fingerprint density at radius 3 is 2.81 bits per heavy atom. The number of nitrogens with zero attached hydrogens (tertiary/aromatic N) is 3. The first-order valence-corrected chi connectivity index (χ1v) is 7.19. The Morgan fingerprint density at radius 1 is 1.33 bits per heavy atom. The van der Waals surface area contributed by atoms with Crippen LogP contribution in [0, 0.1) is 0 Å². The lowest BCUT2D eigenvalue weighted by Gasteiger charge is -2.34. The molecule has 1 saturated heterocycles. The predicted octanol–water partition coefficient (Wildman–Crippen LogP) is 0.250. The number of aromatic nitrogens is 2. The fourth-order valence-corrected chi connectivity index (χ4v) is 2.26. The van der Waals surface area contributed by atoms with E-state index < -0.39 is 6.04 Å². The molecule has 2 aliphatic rings. The number of hydrogen-bond donors (Lipinski definition) is 1. The van der Waals surface area contributed by atoms with Gasteiger partial charge in [-0.1, -0.05) is 11.6 Å². The van der Waals surface area contributed by atoms with Crippen LogP contribution in [0.4, 0.5) is 0 Å². The number of hydrogen-bond acceptors (Lipinski definition) is 5. The van der Waals surface area contributed by atoms with Crippen molar-refractivity contribution in [1.29, 1.82) is 0 Å². The molecule has 3 rings (SSSR count). The second kappa shape index (κ2) is 5.95. The summed E-state index contributed by atoms with van der Waals surface area (Å²) >= 11 is 5.66. The minimum absolute atomic E-state index is 0.172. The molecule has 2 fully saturated rings. The number of halogens is 1. The van der Waals surface area contributed by atoms with Gasteiger partial charge >= 0.3 is 0 Å². The van der Waals surface area contributed by atoms with E-state index in [1.165, 1.54) is 17.3 Å². The zero-order valence-corrected chi connectivity index (χ0v) is 12.0. The molecule has 8 heteroatoms. The van der Waals surface area contributed by atoms with Crippen LogP contribution >= 0.6 is 11.6 Å². The summed E-state index contributed by atoms with van der Waals surface area (Å²) < 4.78 is 5.33. The smallest absolute Gasteiger partial charge is 0.274 e. The van der Waals surface area contributed by atoms with Crippen LogP contribution in [-0.4, -0.2) is 58.5 Å². The fourth-order valence-electron chi connectivity index (χ4n) is 2.16. The Morgan fingerprint density at radius 2 is 2.14 bits per heavy atom. The van der Waals surface area contributed by atoms with Crippen molar-refractivity contribution in [2.75, 3.05) is 19.8 Å². The third kappa shape index (κ3) is 3.30. The van der Waals surface area contributed by atoms with Gasteiger partial charge < -0.3 is 15.0 Å². The van der Waals surface area contributed by atoms with Crippen LogP contribution in [0.2, 0.25) is 5.15 Å². The summed E-state index contributed by atoms with van der Waals surface area (Å²) in [6, 6.07) is -0.379. The fraction of sp³-hybridized carbons (Fsp3) is 0.538. The monoisotopic (exact) mass is 310 g/mol. The van der Waals surface area contributed by atoms with Crippen LogP contribution in [0.3, 0.4) is 0 Å². The number of nitrogens with one attached hydrogen (secondary N) is 1. The van der Waals surface area contributed by atoms with E-state index in [1.807, 2.05) is 0 Å². The van der Waals surface area contributed by atoms with Crippen molar-refractivity contribution in [3.63, 3.8) is 0 Å². The highest BCUT2D eigenvalue weighted by Crippen LogP contribution is 2.20. The summed E-state index contributed by atoms with van der Waals surface area (Å²) in [5, 5.41) is 3.12. The van der Waals surface area contributed by atoms with Crippen molar-refractivity contribution >= 4 is 23.4 Å². The highest BCUT2D eigenvalue weighted by atomic mass is 35.5. The first-order chi connectivity index (χ1) is 10.1. The lowest BCUT2D eigenvalue weighted by Crippen LogP contribution is -2.56. The highest BCUT2D eigenvalue weighted by molar-refractivity contribution is 6.29. The van der Waals surface area contributed by atoms with E-state index in [9.17, 15) is 9.59 Å². The molecule has 1 N–H and O–H groups in total. The summed E-state index contributed by atoms with van der Waals surface area (Å²) in [6.07, 6.45) is 4.62. The predicted molar refractivity (Wildman–Crippen MR) is 73.9 cm³/mol. The third-order valence-electron chi connectivity index (χ3n) is 3.46. The van der Waals surface area contributed by atoms with E-state index in [1.54, 1.807) is 0 Å². The van der Waals surface area contributed by atoms with Gasteiger partial charge in [-0.25, -0.2) is 9.97 Å². The summed E-state index contributed by atoms with van der Waals surface area (Å²) in [6.45, 7) is 0.956. The molecule has 1 aromatic rings. The quantitative estimate of drug-likeness (QED) is 0.865. The first-order valence-electron chi connectivity index (χ1n) is 6.82. The Hall–Kier alpha value is -1.73. The molecule has 1 saturated carbocycles. The summed E-state index contributed by atoms with van der Waals surface area (Å²) in [5.41, 5.74) is 0.172. The zero-order chi connectivity index (χ0) is 14.8. The van der Waals surface area contributed by atoms with Gasteiger partial charge in [0.2, 0.25) is 5.91 Å². The van der Waals surface area contributed by atoms with E-state index in [-0.39, 0.29) is 35.3 Å². The van der Waals surface area contributed by atoms with Gasteiger partial charge in [0.05, 0.1) is 25.6 Å². The molecular weight excluding hydrogens is 296 g/mol. The van der Waals surface area contributed by atoms with E-state index in [0.29, 0.717) is 13.2 Å². The van der Waals surface area contributed by atoms with Gasteiger partial charge in [0, 0.05) is 12.6 Å². The summed E-state index contributed by atoms with van der Waals surface area (Å²) in [5.74, 6) is -0.508. The molecule has 1 aliphatic heterocycles. The van der Waals surface area contributed by atoms with Gasteiger partial charge in [-0.3, -0.25) is 9.59 Å². The molecule has 1 atom stereocenters. The maximum Gasteiger partial charge on any atom is 0.274 e. The van der Waals surface area contributed by atoms with E-state index in [0.717, 1.165) is 12.8 Å². The lowest BCUT2D eigenvalue weighted by molar-refractivity contribution is -0.130. The SMILES string of the molecule is O=C(NC1CC1)C1COCCN1C(=O)c1cnc(Cl)cn1. The Labute approximate surface area is 126 Å². The van der Waals surface area contributed by atoms with Gasteiger partial charge in [0.25, 0.3) is 5.91 Å². The van der Waals surface area contributed by atoms with E-state index in [2.05, 4.69) is 15.3 Å². The van der Waals surface area contributed by atoms with Crippen molar-refractivity contribution in [3.05, 3.63) is 23.2 Å².